The summed E-state index contributed by atoms with van der Waals surface area (Å²) < 4.78 is 28.6. The Labute approximate surface area is 112 Å². The van der Waals surface area contributed by atoms with Gasteiger partial charge in [0.25, 0.3) is 10.2 Å². The molecule has 18 heavy (non-hydrogen) atoms. The van der Waals surface area contributed by atoms with Crippen LogP contribution in [0, 0.1) is 0 Å². The first-order valence-corrected chi connectivity index (χ1v) is 8.52. The van der Waals surface area contributed by atoms with Crippen LogP contribution in [0.15, 0.2) is 0 Å². The Morgan fingerprint density at radius 3 is 2.39 bits per heavy atom. The number of rotatable bonds is 8. The summed E-state index contributed by atoms with van der Waals surface area (Å²) in [7, 11) is -3.30. The molecule has 1 atom stereocenters. The van der Waals surface area contributed by atoms with Crippen molar-refractivity contribution in [1.82, 2.24) is 14.3 Å². The van der Waals surface area contributed by atoms with Gasteiger partial charge in [-0.3, -0.25) is 0 Å². The molecular weight excluding hydrogens is 250 g/mol. The summed E-state index contributed by atoms with van der Waals surface area (Å²) in [6.45, 7) is 6.70. The third-order valence-corrected chi connectivity index (χ3v) is 4.79. The van der Waals surface area contributed by atoms with Crippen molar-refractivity contribution < 1.29 is 8.42 Å². The molecule has 0 radical (unpaired) electrons. The highest BCUT2D eigenvalue weighted by molar-refractivity contribution is 7.87. The van der Waals surface area contributed by atoms with Crippen molar-refractivity contribution in [3.8, 4) is 0 Å². The second-order valence-electron chi connectivity index (χ2n) is 4.90. The topological polar surface area (TPSA) is 61.4 Å². The Bertz CT molecular complexity index is 307. The largest absolute Gasteiger partial charge is 0.313 e. The fraction of sp³-hybridized carbons (Fsp3) is 1.00. The van der Waals surface area contributed by atoms with E-state index >= 15 is 0 Å². The molecule has 108 valence electrons. The van der Waals surface area contributed by atoms with Crippen molar-refractivity contribution in [2.45, 2.75) is 52.0 Å². The molecule has 0 bridgehead atoms. The minimum absolute atomic E-state index is 0.290. The van der Waals surface area contributed by atoms with Crippen LogP contribution in [0.5, 0.6) is 0 Å². The molecule has 1 unspecified atom stereocenters. The fourth-order valence-electron chi connectivity index (χ4n) is 2.25. The second kappa shape index (κ2) is 8.09. The number of hydrogen-bond donors (Lipinski definition) is 2. The van der Waals surface area contributed by atoms with E-state index in [9.17, 15) is 8.42 Å². The van der Waals surface area contributed by atoms with Gasteiger partial charge < -0.3 is 5.32 Å². The maximum absolute atomic E-state index is 12.1. The van der Waals surface area contributed by atoms with Gasteiger partial charge in [0.05, 0.1) is 0 Å². The summed E-state index contributed by atoms with van der Waals surface area (Å²) in [6, 6.07) is 0.290. The molecule has 1 fully saturated rings. The molecule has 0 aromatic carbocycles. The molecule has 6 heteroatoms. The second-order valence-corrected chi connectivity index (χ2v) is 6.65. The van der Waals surface area contributed by atoms with Crippen molar-refractivity contribution in [3.05, 3.63) is 0 Å². The summed E-state index contributed by atoms with van der Waals surface area (Å²) in [5.41, 5.74) is 0. The van der Waals surface area contributed by atoms with Gasteiger partial charge in [-0.2, -0.15) is 12.7 Å². The average molecular weight is 277 g/mol. The molecule has 0 aromatic heterocycles. The number of nitrogens with zero attached hydrogens (tertiary/aromatic N) is 1. The number of piperidine rings is 1. The van der Waals surface area contributed by atoms with Gasteiger partial charge in [0.1, 0.15) is 0 Å². The SMILES string of the molecule is CCCN(CCC)S(=O)(=O)NCC1CCCCN1. The summed E-state index contributed by atoms with van der Waals surface area (Å²) in [4.78, 5) is 0. The smallest absolute Gasteiger partial charge is 0.279 e. The minimum atomic E-state index is -3.30. The van der Waals surface area contributed by atoms with Crippen LogP contribution in [0.25, 0.3) is 0 Å². The van der Waals surface area contributed by atoms with E-state index < -0.39 is 10.2 Å². The fourth-order valence-corrected chi connectivity index (χ4v) is 3.69. The molecular formula is C12H27N3O2S. The lowest BCUT2D eigenvalue weighted by Gasteiger charge is -2.26. The number of hydrogen-bond acceptors (Lipinski definition) is 3. The van der Waals surface area contributed by atoms with E-state index in [1.165, 1.54) is 12.8 Å². The molecule has 1 rings (SSSR count). The molecule has 0 aromatic rings. The van der Waals surface area contributed by atoms with Crippen LogP contribution in [0.2, 0.25) is 0 Å². The van der Waals surface area contributed by atoms with Crippen LogP contribution in [0.1, 0.15) is 46.0 Å². The van der Waals surface area contributed by atoms with Crippen molar-refractivity contribution >= 4 is 10.2 Å². The average Bonchev–Trinajstić information content (AvgIpc) is 2.37. The molecule has 1 aliphatic rings. The first kappa shape index (κ1) is 15.9. The number of nitrogens with one attached hydrogen (secondary N) is 2. The van der Waals surface area contributed by atoms with E-state index in [-0.39, 0.29) is 0 Å². The van der Waals surface area contributed by atoms with Gasteiger partial charge in [-0.15, -0.1) is 0 Å². The molecule has 5 nitrogen and oxygen atoms in total. The van der Waals surface area contributed by atoms with Crippen LogP contribution in [0.3, 0.4) is 0 Å². The summed E-state index contributed by atoms with van der Waals surface area (Å²) >= 11 is 0. The third kappa shape index (κ3) is 5.22. The third-order valence-electron chi connectivity index (χ3n) is 3.21. The molecule has 0 amide bonds. The predicted octanol–water partition coefficient (Wildman–Crippen LogP) is 1.08. The highest BCUT2D eigenvalue weighted by Crippen LogP contribution is 2.07. The van der Waals surface area contributed by atoms with Crippen molar-refractivity contribution in [1.29, 1.82) is 0 Å². The van der Waals surface area contributed by atoms with Crippen molar-refractivity contribution in [2.75, 3.05) is 26.2 Å². The van der Waals surface area contributed by atoms with Crippen LogP contribution < -0.4 is 10.0 Å². The normalized spacial score (nSPS) is 21.4. The molecule has 0 saturated carbocycles. The van der Waals surface area contributed by atoms with Crippen LogP contribution in [0.4, 0.5) is 0 Å². The Kier molecular flexibility index (Phi) is 7.14. The Balaban J connectivity index is 2.45. The van der Waals surface area contributed by atoms with Gasteiger partial charge in [-0.05, 0) is 32.2 Å². The maximum atomic E-state index is 12.1. The molecule has 0 aliphatic carbocycles. The Morgan fingerprint density at radius 1 is 1.22 bits per heavy atom. The first-order valence-electron chi connectivity index (χ1n) is 7.08. The van der Waals surface area contributed by atoms with E-state index in [1.807, 2.05) is 13.8 Å². The quantitative estimate of drug-likeness (QED) is 0.698. The monoisotopic (exact) mass is 277 g/mol. The van der Waals surface area contributed by atoms with E-state index in [4.69, 9.17) is 0 Å². The summed E-state index contributed by atoms with van der Waals surface area (Å²) in [5.74, 6) is 0. The van der Waals surface area contributed by atoms with E-state index in [0.717, 1.165) is 25.8 Å². The van der Waals surface area contributed by atoms with Crippen molar-refractivity contribution in [2.24, 2.45) is 0 Å². The van der Waals surface area contributed by atoms with E-state index in [2.05, 4.69) is 10.0 Å². The molecule has 2 N–H and O–H groups in total. The highest BCUT2D eigenvalue weighted by Gasteiger charge is 2.22. The van der Waals surface area contributed by atoms with E-state index in [0.29, 0.717) is 25.7 Å². The lowest BCUT2D eigenvalue weighted by molar-refractivity contribution is 0.377. The van der Waals surface area contributed by atoms with Crippen molar-refractivity contribution in [3.63, 3.8) is 0 Å². The molecule has 1 saturated heterocycles. The maximum Gasteiger partial charge on any atom is 0.279 e. The highest BCUT2D eigenvalue weighted by atomic mass is 32.2. The summed E-state index contributed by atoms with van der Waals surface area (Å²) in [6.07, 6.45) is 5.14. The van der Waals surface area contributed by atoms with Gasteiger partial charge in [0.15, 0.2) is 0 Å². The Hall–Kier alpha value is -0.170. The van der Waals surface area contributed by atoms with Crippen LogP contribution in [-0.4, -0.2) is 44.9 Å². The Morgan fingerprint density at radius 2 is 1.89 bits per heavy atom. The lowest BCUT2D eigenvalue weighted by atomic mass is 10.1. The van der Waals surface area contributed by atoms with Gasteiger partial charge in [0, 0.05) is 25.7 Å². The zero-order chi connectivity index (χ0) is 13.4. The zero-order valence-corrected chi connectivity index (χ0v) is 12.4. The lowest BCUT2D eigenvalue weighted by Crippen LogP contribution is -2.48. The predicted molar refractivity (Wildman–Crippen MR) is 74.7 cm³/mol. The standard InChI is InChI=1S/C12H27N3O2S/c1-3-9-15(10-4-2)18(16,17)14-11-12-7-5-6-8-13-12/h12-14H,3-11H2,1-2H3. The van der Waals surface area contributed by atoms with Gasteiger partial charge in [-0.1, -0.05) is 20.3 Å². The van der Waals surface area contributed by atoms with Gasteiger partial charge >= 0.3 is 0 Å². The zero-order valence-electron chi connectivity index (χ0n) is 11.6. The summed E-state index contributed by atoms with van der Waals surface area (Å²) in [5, 5.41) is 3.35. The van der Waals surface area contributed by atoms with Crippen LogP contribution >= 0.6 is 0 Å². The van der Waals surface area contributed by atoms with Gasteiger partial charge in [0.2, 0.25) is 0 Å². The molecule has 0 spiro atoms. The van der Waals surface area contributed by atoms with E-state index in [1.54, 1.807) is 4.31 Å². The van der Waals surface area contributed by atoms with Crippen LogP contribution in [-0.2, 0) is 10.2 Å². The first-order chi connectivity index (χ1) is 8.60. The molecule has 1 heterocycles. The molecule has 1 aliphatic heterocycles. The van der Waals surface area contributed by atoms with Gasteiger partial charge in [-0.25, -0.2) is 4.72 Å². The minimum Gasteiger partial charge on any atom is -0.313 e.